The van der Waals surface area contributed by atoms with E-state index in [0.29, 0.717) is 12.1 Å². The van der Waals surface area contributed by atoms with Gasteiger partial charge in [0, 0.05) is 29.6 Å². The third-order valence-corrected chi connectivity index (χ3v) is 3.92. The van der Waals surface area contributed by atoms with Gasteiger partial charge in [-0.3, -0.25) is 4.90 Å². The highest BCUT2D eigenvalue weighted by Gasteiger charge is 2.27. The van der Waals surface area contributed by atoms with Crippen LogP contribution in [0.15, 0.2) is 28.7 Å². The smallest absolute Gasteiger partial charge is 0.0351 e. The van der Waals surface area contributed by atoms with Gasteiger partial charge in [0.1, 0.15) is 0 Å². The zero-order valence-corrected chi connectivity index (χ0v) is 11.5. The Kier molecular flexibility index (Phi) is 4.00. The summed E-state index contributed by atoms with van der Waals surface area (Å²) in [5.74, 6) is 0. The van der Waals surface area contributed by atoms with E-state index in [4.69, 9.17) is 0 Å². The first kappa shape index (κ1) is 12.1. The number of likely N-dealkylation sites (N-methyl/N-ethyl adjacent to an activating group) is 1. The van der Waals surface area contributed by atoms with Crippen LogP contribution in [0.2, 0.25) is 0 Å². The number of hydrogen-bond donors (Lipinski definition) is 1. The summed E-state index contributed by atoms with van der Waals surface area (Å²) >= 11 is 3.54. The van der Waals surface area contributed by atoms with Crippen molar-refractivity contribution < 1.29 is 0 Å². The van der Waals surface area contributed by atoms with Crippen molar-refractivity contribution in [2.75, 3.05) is 19.6 Å². The molecular formula is C13H19BrN2. The molecule has 88 valence electrons. The Morgan fingerprint density at radius 3 is 2.75 bits per heavy atom. The summed E-state index contributed by atoms with van der Waals surface area (Å²) in [7, 11) is 0. The molecule has 0 bridgehead atoms. The topological polar surface area (TPSA) is 15.3 Å². The van der Waals surface area contributed by atoms with Gasteiger partial charge in [-0.15, -0.1) is 0 Å². The first-order valence-corrected chi connectivity index (χ1v) is 6.73. The monoisotopic (exact) mass is 282 g/mol. The number of nitrogens with one attached hydrogen (secondary N) is 1. The summed E-state index contributed by atoms with van der Waals surface area (Å²) in [5.41, 5.74) is 1.39. The quantitative estimate of drug-likeness (QED) is 0.914. The normalized spacial score (nSPS) is 18.5. The molecule has 0 spiro atoms. The summed E-state index contributed by atoms with van der Waals surface area (Å²) in [4.78, 5) is 2.57. The SMILES string of the molecule is CCN(C1CNC1)C(C)c1cccc(Br)c1. The van der Waals surface area contributed by atoms with Crippen molar-refractivity contribution in [3.05, 3.63) is 34.3 Å². The van der Waals surface area contributed by atoms with Gasteiger partial charge in [0.25, 0.3) is 0 Å². The number of rotatable bonds is 4. The maximum Gasteiger partial charge on any atom is 0.0351 e. The van der Waals surface area contributed by atoms with E-state index in [-0.39, 0.29) is 0 Å². The van der Waals surface area contributed by atoms with Gasteiger partial charge in [-0.2, -0.15) is 0 Å². The summed E-state index contributed by atoms with van der Waals surface area (Å²) < 4.78 is 1.17. The first-order chi connectivity index (χ1) is 7.72. The van der Waals surface area contributed by atoms with Crippen molar-refractivity contribution in [1.29, 1.82) is 0 Å². The molecule has 1 aliphatic rings. The fourth-order valence-corrected chi connectivity index (χ4v) is 2.73. The highest BCUT2D eigenvalue weighted by Crippen LogP contribution is 2.25. The molecule has 1 atom stereocenters. The van der Waals surface area contributed by atoms with Crippen LogP contribution in [-0.4, -0.2) is 30.6 Å². The van der Waals surface area contributed by atoms with Gasteiger partial charge >= 0.3 is 0 Å². The summed E-state index contributed by atoms with van der Waals surface area (Å²) in [6.07, 6.45) is 0. The molecule has 0 aliphatic carbocycles. The Hall–Kier alpha value is -0.380. The average molecular weight is 283 g/mol. The van der Waals surface area contributed by atoms with Crippen LogP contribution in [0.5, 0.6) is 0 Å². The lowest BCUT2D eigenvalue weighted by Gasteiger charge is -2.41. The van der Waals surface area contributed by atoms with Crippen LogP contribution in [0, 0.1) is 0 Å². The highest BCUT2D eigenvalue weighted by atomic mass is 79.9. The van der Waals surface area contributed by atoms with Gasteiger partial charge < -0.3 is 5.32 Å². The molecule has 1 N–H and O–H groups in total. The summed E-state index contributed by atoms with van der Waals surface area (Å²) in [5, 5.41) is 3.34. The van der Waals surface area contributed by atoms with Crippen molar-refractivity contribution in [3.63, 3.8) is 0 Å². The number of nitrogens with zero attached hydrogens (tertiary/aromatic N) is 1. The molecule has 0 aromatic heterocycles. The Labute approximate surface area is 106 Å². The van der Waals surface area contributed by atoms with Gasteiger partial charge in [-0.1, -0.05) is 35.0 Å². The lowest BCUT2D eigenvalue weighted by atomic mass is 10.0. The molecule has 1 aromatic rings. The highest BCUT2D eigenvalue weighted by molar-refractivity contribution is 9.10. The zero-order chi connectivity index (χ0) is 11.5. The molecule has 2 rings (SSSR count). The molecular weight excluding hydrogens is 264 g/mol. The lowest BCUT2D eigenvalue weighted by molar-refractivity contribution is 0.110. The molecule has 1 fully saturated rings. The second-order valence-electron chi connectivity index (χ2n) is 4.37. The summed E-state index contributed by atoms with van der Waals surface area (Å²) in [6, 6.07) is 9.83. The largest absolute Gasteiger partial charge is 0.314 e. The molecule has 0 radical (unpaired) electrons. The van der Waals surface area contributed by atoms with E-state index in [1.807, 2.05) is 0 Å². The maximum atomic E-state index is 3.54. The number of halogens is 1. The predicted molar refractivity (Wildman–Crippen MR) is 71.6 cm³/mol. The predicted octanol–water partition coefficient (Wildman–Crippen LogP) is 2.80. The van der Waals surface area contributed by atoms with E-state index in [1.165, 1.54) is 10.0 Å². The minimum absolute atomic E-state index is 0.495. The van der Waals surface area contributed by atoms with Crippen LogP contribution < -0.4 is 5.32 Å². The van der Waals surface area contributed by atoms with Crippen LogP contribution in [0.1, 0.15) is 25.5 Å². The second kappa shape index (κ2) is 5.30. The van der Waals surface area contributed by atoms with Crippen LogP contribution in [0.4, 0.5) is 0 Å². The van der Waals surface area contributed by atoms with E-state index >= 15 is 0 Å². The van der Waals surface area contributed by atoms with E-state index in [9.17, 15) is 0 Å². The van der Waals surface area contributed by atoms with Gasteiger partial charge in [0.2, 0.25) is 0 Å². The van der Waals surface area contributed by atoms with E-state index in [0.717, 1.165) is 19.6 Å². The van der Waals surface area contributed by atoms with E-state index in [1.54, 1.807) is 0 Å². The van der Waals surface area contributed by atoms with Crippen molar-refractivity contribution in [2.24, 2.45) is 0 Å². The maximum absolute atomic E-state index is 3.54. The molecule has 1 aromatic carbocycles. The van der Waals surface area contributed by atoms with Crippen LogP contribution in [0.25, 0.3) is 0 Å². The Morgan fingerprint density at radius 1 is 1.50 bits per heavy atom. The van der Waals surface area contributed by atoms with Crippen molar-refractivity contribution in [3.8, 4) is 0 Å². The number of benzene rings is 1. The molecule has 1 heterocycles. The fourth-order valence-electron chi connectivity index (χ4n) is 2.31. The van der Waals surface area contributed by atoms with Crippen LogP contribution in [-0.2, 0) is 0 Å². The second-order valence-corrected chi connectivity index (χ2v) is 5.29. The standard InChI is InChI=1S/C13H19BrN2/c1-3-16(13-8-15-9-13)10(2)11-5-4-6-12(14)7-11/h4-7,10,13,15H,3,8-9H2,1-2H3. The lowest BCUT2D eigenvalue weighted by Crippen LogP contribution is -2.57. The van der Waals surface area contributed by atoms with Gasteiger partial charge in [-0.25, -0.2) is 0 Å². The third-order valence-electron chi connectivity index (χ3n) is 3.42. The van der Waals surface area contributed by atoms with Crippen molar-refractivity contribution in [1.82, 2.24) is 10.2 Å². The van der Waals surface area contributed by atoms with Crippen molar-refractivity contribution in [2.45, 2.75) is 25.9 Å². The Morgan fingerprint density at radius 2 is 2.25 bits per heavy atom. The zero-order valence-electron chi connectivity index (χ0n) is 9.91. The minimum atomic E-state index is 0.495. The molecule has 0 amide bonds. The fraction of sp³-hybridized carbons (Fsp3) is 0.538. The molecule has 1 unspecified atom stereocenters. The summed E-state index contributed by atoms with van der Waals surface area (Å²) in [6.45, 7) is 7.91. The number of hydrogen-bond acceptors (Lipinski definition) is 2. The Bertz CT molecular complexity index is 350. The molecule has 2 nitrogen and oxygen atoms in total. The van der Waals surface area contributed by atoms with E-state index < -0.39 is 0 Å². The first-order valence-electron chi connectivity index (χ1n) is 5.94. The van der Waals surface area contributed by atoms with Gasteiger partial charge in [0.15, 0.2) is 0 Å². The van der Waals surface area contributed by atoms with Gasteiger partial charge in [0.05, 0.1) is 0 Å². The minimum Gasteiger partial charge on any atom is -0.314 e. The van der Waals surface area contributed by atoms with Gasteiger partial charge in [-0.05, 0) is 31.2 Å². The molecule has 1 aliphatic heterocycles. The van der Waals surface area contributed by atoms with Crippen LogP contribution >= 0.6 is 15.9 Å². The van der Waals surface area contributed by atoms with E-state index in [2.05, 4.69) is 64.3 Å². The third kappa shape index (κ3) is 2.47. The van der Waals surface area contributed by atoms with Crippen LogP contribution in [0.3, 0.4) is 0 Å². The molecule has 0 saturated carbocycles. The molecule has 1 saturated heterocycles. The average Bonchev–Trinajstić information content (AvgIpc) is 2.22. The Balaban J connectivity index is 2.12. The molecule has 3 heteroatoms. The molecule has 16 heavy (non-hydrogen) atoms. The van der Waals surface area contributed by atoms with Crippen molar-refractivity contribution >= 4 is 15.9 Å².